The van der Waals surface area contributed by atoms with Gasteiger partial charge < -0.3 is 5.32 Å². The van der Waals surface area contributed by atoms with Gasteiger partial charge >= 0.3 is 0 Å². The van der Waals surface area contributed by atoms with Crippen LogP contribution < -0.4 is 5.32 Å². The number of benzene rings is 2. The van der Waals surface area contributed by atoms with E-state index < -0.39 is 0 Å². The number of hydrogen-bond donors (Lipinski definition) is 1. The van der Waals surface area contributed by atoms with Crippen LogP contribution in [0.3, 0.4) is 0 Å². The van der Waals surface area contributed by atoms with Gasteiger partial charge in [-0.1, -0.05) is 29.8 Å². The first kappa shape index (κ1) is 13.0. The van der Waals surface area contributed by atoms with E-state index in [1.165, 1.54) is 36.0 Å². The molecule has 0 saturated heterocycles. The topological polar surface area (TPSA) is 35.8 Å². The minimum absolute atomic E-state index is 0.617. The highest BCUT2D eigenvalue weighted by molar-refractivity contribution is 6.33. The van der Waals surface area contributed by atoms with Gasteiger partial charge in [0, 0.05) is 6.54 Å². The number of fused-ring (bicyclic) bond motifs is 1. The Morgan fingerprint density at radius 3 is 2.80 bits per heavy atom. The van der Waals surface area contributed by atoms with Crippen molar-refractivity contribution in [3.8, 4) is 6.07 Å². The van der Waals surface area contributed by atoms with Crippen LogP contribution in [0.25, 0.3) is 0 Å². The van der Waals surface area contributed by atoms with Crippen LogP contribution in [0.5, 0.6) is 0 Å². The molecule has 1 N–H and O–H groups in total. The lowest BCUT2D eigenvalue weighted by atomic mass is 10.1. The maximum absolute atomic E-state index is 8.92. The number of aryl methyl sites for hydroxylation is 2. The maximum Gasteiger partial charge on any atom is 0.0992 e. The van der Waals surface area contributed by atoms with E-state index in [9.17, 15) is 0 Å². The van der Waals surface area contributed by atoms with Crippen molar-refractivity contribution < 1.29 is 0 Å². The zero-order valence-corrected chi connectivity index (χ0v) is 11.9. The Bertz CT molecular complexity index is 686. The average Bonchev–Trinajstić information content (AvgIpc) is 2.94. The lowest BCUT2D eigenvalue weighted by Crippen LogP contribution is -2.01. The van der Waals surface area contributed by atoms with Crippen LogP contribution in [0.15, 0.2) is 36.4 Å². The minimum atomic E-state index is 0.617. The van der Waals surface area contributed by atoms with Crippen LogP contribution in [0, 0.1) is 11.3 Å². The van der Waals surface area contributed by atoms with Crippen LogP contribution in [0.4, 0.5) is 5.69 Å². The summed E-state index contributed by atoms with van der Waals surface area (Å²) in [5, 5.41) is 12.9. The number of hydrogen-bond acceptors (Lipinski definition) is 2. The van der Waals surface area contributed by atoms with E-state index in [1.807, 2.05) is 0 Å². The highest BCUT2D eigenvalue weighted by Gasteiger charge is 2.10. The summed E-state index contributed by atoms with van der Waals surface area (Å²) in [6, 6.07) is 14.1. The van der Waals surface area contributed by atoms with E-state index in [-0.39, 0.29) is 0 Å². The van der Waals surface area contributed by atoms with E-state index in [2.05, 4.69) is 29.6 Å². The number of halogens is 1. The first-order valence-corrected chi connectivity index (χ1v) is 7.18. The monoisotopic (exact) mass is 282 g/mol. The normalized spacial score (nSPS) is 12.8. The number of nitriles is 1. The third kappa shape index (κ3) is 2.64. The van der Waals surface area contributed by atoms with Gasteiger partial charge in [0.2, 0.25) is 0 Å². The summed E-state index contributed by atoms with van der Waals surface area (Å²) >= 11 is 6.14. The maximum atomic E-state index is 8.92. The molecule has 0 spiro atoms. The van der Waals surface area contributed by atoms with Crippen molar-refractivity contribution >= 4 is 17.3 Å². The summed E-state index contributed by atoms with van der Waals surface area (Å²) in [5.41, 5.74) is 5.64. The quantitative estimate of drug-likeness (QED) is 0.910. The molecule has 0 amide bonds. The van der Waals surface area contributed by atoms with E-state index >= 15 is 0 Å². The summed E-state index contributed by atoms with van der Waals surface area (Å²) in [4.78, 5) is 0. The second-order valence-electron chi connectivity index (χ2n) is 5.12. The smallest absolute Gasteiger partial charge is 0.0992 e. The van der Waals surface area contributed by atoms with Gasteiger partial charge in [0.25, 0.3) is 0 Å². The second-order valence-corrected chi connectivity index (χ2v) is 5.52. The summed E-state index contributed by atoms with van der Waals surface area (Å²) in [6.07, 6.45) is 3.66. The highest BCUT2D eigenvalue weighted by atomic mass is 35.5. The third-order valence-corrected chi connectivity index (χ3v) is 4.07. The molecule has 0 unspecified atom stereocenters. The van der Waals surface area contributed by atoms with E-state index in [0.717, 1.165) is 12.2 Å². The molecule has 3 rings (SSSR count). The van der Waals surface area contributed by atoms with Gasteiger partial charge in [0.1, 0.15) is 0 Å². The van der Waals surface area contributed by atoms with Crippen molar-refractivity contribution in [2.45, 2.75) is 25.8 Å². The van der Waals surface area contributed by atoms with Crippen LogP contribution in [0.2, 0.25) is 5.02 Å². The molecule has 1 aliphatic carbocycles. The molecule has 100 valence electrons. The van der Waals surface area contributed by atoms with Crippen molar-refractivity contribution in [2.24, 2.45) is 0 Å². The zero-order chi connectivity index (χ0) is 13.9. The molecule has 0 aromatic heterocycles. The summed E-state index contributed by atoms with van der Waals surface area (Å²) in [7, 11) is 0. The molecule has 2 aromatic rings. The first-order chi connectivity index (χ1) is 9.76. The van der Waals surface area contributed by atoms with Crippen LogP contribution in [0.1, 0.15) is 28.7 Å². The van der Waals surface area contributed by atoms with Gasteiger partial charge in [-0.15, -0.1) is 0 Å². The molecule has 0 atom stereocenters. The fourth-order valence-corrected chi connectivity index (χ4v) is 2.85. The Hall–Kier alpha value is -1.98. The second kappa shape index (κ2) is 5.56. The van der Waals surface area contributed by atoms with Crippen molar-refractivity contribution in [1.29, 1.82) is 5.26 Å². The molecule has 0 saturated carbocycles. The number of nitrogens with one attached hydrogen (secondary N) is 1. The zero-order valence-electron chi connectivity index (χ0n) is 11.1. The van der Waals surface area contributed by atoms with Crippen molar-refractivity contribution in [3.63, 3.8) is 0 Å². The Kier molecular flexibility index (Phi) is 3.62. The van der Waals surface area contributed by atoms with Gasteiger partial charge in [-0.3, -0.25) is 0 Å². The lowest BCUT2D eigenvalue weighted by molar-refractivity contribution is 0.911. The van der Waals surface area contributed by atoms with Crippen molar-refractivity contribution in [2.75, 3.05) is 5.32 Å². The van der Waals surface area contributed by atoms with E-state index in [0.29, 0.717) is 10.6 Å². The third-order valence-electron chi connectivity index (χ3n) is 3.74. The highest BCUT2D eigenvalue weighted by Crippen LogP contribution is 2.25. The predicted molar refractivity (Wildman–Crippen MR) is 82.0 cm³/mol. The fourth-order valence-electron chi connectivity index (χ4n) is 2.66. The molecular weight excluding hydrogens is 268 g/mol. The van der Waals surface area contributed by atoms with E-state index in [4.69, 9.17) is 16.9 Å². The molecule has 0 heterocycles. The Morgan fingerprint density at radius 2 is 1.95 bits per heavy atom. The van der Waals surface area contributed by atoms with Gasteiger partial charge in [-0.25, -0.2) is 0 Å². The molecule has 1 aliphatic rings. The van der Waals surface area contributed by atoms with Crippen LogP contribution in [-0.2, 0) is 19.4 Å². The average molecular weight is 283 g/mol. The van der Waals surface area contributed by atoms with Crippen LogP contribution in [-0.4, -0.2) is 0 Å². The standard InChI is InChI=1S/C17H15ClN2/c18-16-7-5-12(10-19)9-17(16)20-11-13-4-6-14-2-1-3-15(14)8-13/h4-9,20H,1-3,11H2. The number of anilines is 1. The van der Waals surface area contributed by atoms with Gasteiger partial charge in [0.05, 0.1) is 22.3 Å². The molecule has 3 heteroatoms. The predicted octanol–water partition coefficient (Wildman–Crippen LogP) is 4.31. The Balaban J connectivity index is 1.75. The fraction of sp³-hybridized carbons (Fsp3) is 0.235. The summed E-state index contributed by atoms with van der Waals surface area (Å²) < 4.78 is 0. The summed E-state index contributed by atoms with van der Waals surface area (Å²) in [5.74, 6) is 0. The Morgan fingerprint density at radius 1 is 1.10 bits per heavy atom. The van der Waals surface area contributed by atoms with Crippen LogP contribution >= 0.6 is 11.6 Å². The SMILES string of the molecule is N#Cc1ccc(Cl)c(NCc2ccc3c(c2)CCC3)c1. The van der Waals surface area contributed by atoms with E-state index in [1.54, 1.807) is 18.2 Å². The lowest BCUT2D eigenvalue weighted by Gasteiger charge is -2.10. The minimum Gasteiger partial charge on any atom is -0.380 e. The van der Waals surface area contributed by atoms with Gasteiger partial charge in [-0.05, 0) is 54.2 Å². The largest absolute Gasteiger partial charge is 0.380 e. The first-order valence-electron chi connectivity index (χ1n) is 6.80. The molecule has 2 nitrogen and oxygen atoms in total. The Labute approximate surface area is 124 Å². The molecule has 0 aliphatic heterocycles. The van der Waals surface area contributed by atoms with Gasteiger partial charge in [-0.2, -0.15) is 5.26 Å². The molecular formula is C17H15ClN2. The van der Waals surface area contributed by atoms with Crippen molar-refractivity contribution in [3.05, 3.63) is 63.7 Å². The molecule has 0 fully saturated rings. The molecule has 2 aromatic carbocycles. The molecule has 0 radical (unpaired) electrons. The number of rotatable bonds is 3. The molecule has 20 heavy (non-hydrogen) atoms. The number of nitrogens with zero attached hydrogens (tertiary/aromatic N) is 1. The van der Waals surface area contributed by atoms with Gasteiger partial charge in [0.15, 0.2) is 0 Å². The van der Waals surface area contributed by atoms with Crippen molar-refractivity contribution in [1.82, 2.24) is 0 Å². The molecule has 0 bridgehead atoms. The summed E-state index contributed by atoms with van der Waals surface area (Å²) in [6.45, 7) is 0.724.